The zero-order chi connectivity index (χ0) is 23.3. The fraction of sp³-hybridized carbons (Fsp3) is 0.321. The number of rotatable bonds is 8. The summed E-state index contributed by atoms with van der Waals surface area (Å²) in [6.07, 6.45) is 1.75. The zero-order valence-corrected chi connectivity index (χ0v) is 20.1. The molecule has 2 heterocycles. The normalized spacial score (nSPS) is 15.0. The quantitative estimate of drug-likeness (QED) is 0.423. The predicted octanol–water partition coefficient (Wildman–Crippen LogP) is 4.53. The lowest BCUT2D eigenvalue weighted by atomic mass is 10.1. The number of H-pyrrole nitrogens is 1. The molecule has 6 heteroatoms. The number of hydrogen-bond acceptors (Lipinski definition) is 5. The minimum Gasteiger partial charge on any atom is -0.497 e. The third-order valence-corrected chi connectivity index (χ3v) is 6.67. The van der Waals surface area contributed by atoms with Crippen LogP contribution in [0.5, 0.6) is 5.75 Å². The van der Waals surface area contributed by atoms with Crippen LogP contribution in [0.15, 0.2) is 73.1 Å². The molecule has 0 bridgehead atoms. The van der Waals surface area contributed by atoms with Crippen molar-refractivity contribution in [1.82, 2.24) is 19.8 Å². The van der Waals surface area contributed by atoms with Gasteiger partial charge in [-0.2, -0.15) is 0 Å². The molecule has 6 nitrogen and oxygen atoms in total. The van der Waals surface area contributed by atoms with E-state index in [1.165, 1.54) is 22.4 Å². The van der Waals surface area contributed by atoms with Gasteiger partial charge in [0.25, 0.3) is 0 Å². The Balaban J connectivity index is 1.36. The van der Waals surface area contributed by atoms with Gasteiger partial charge in [-0.15, -0.1) is 0 Å². The number of aromatic nitrogens is 2. The monoisotopic (exact) mass is 455 g/mol. The van der Waals surface area contributed by atoms with Crippen molar-refractivity contribution in [1.29, 1.82) is 0 Å². The largest absolute Gasteiger partial charge is 0.497 e. The first-order chi connectivity index (χ1) is 16.7. The van der Waals surface area contributed by atoms with Crippen LogP contribution in [0.2, 0.25) is 0 Å². The number of ether oxygens (including phenoxy) is 1. The molecule has 0 saturated carbocycles. The smallest absolute Gasteiger partial charge is 0.119 e. The second kappa shape index (κ2) is 10.3. The summed E-state index contributed by atoms with van der Waals surface area (Å²) in [4.78, 5) is 15.0. The highest BCUT2D eigenvalue weighted by Crippen LogP contribution is 2.24. The van der Waals surface area contributed by atoms with Gasteiger partial charge in [0.15, 0.2) is 0 Å². The Morgan fingerprint density at radius 1 is 0.882 bits per heavy atom. The molecule has 0 radical (unpaired) electrons. The molecule has 1 aromatic heterocycles. The number of nitrogens with one attached hydrogen (secondary N) is 1. The van der Waals surface area contributed by atoms with Gasteiger partial charge in [0, 0.05) is 51.5 Å². The van der Waals surface area contributed by atoms with Crippen LogP contribution < -0.4 is 9.64 Å². The maximum absolute atomic E-state index is 5.46. The molecule has 1 N–H and O–H groups in total. The molecule has 0 amide bonds. The third-order valence-electron chi connectivity index (χ3n) is 6.67. The van der Waals surface area contributed by atoms with Crippen molar-refractivity contribution in [2.75, 3.05) is 45.2 Å². The molecule has 0 spiro atoms. The lowest BCUT2D eigenvalue weighted by molar-refractivity contribution is 0.148. The number of likely N-dealkylation sites (N-methyl/N-ethyl adjacent to an activating group) is 1. The maximum Gasteiger partial charge on any atom is 0.119 e. The summed E-state index contributed by atoms with van der Waals surface area (Å²) in [5.74, 6) is 0.888. The number of aromatic amines is 1. The molecule has 1 fully saturated rings. The second-order valence-electron chi connectivity index (χ2n) is 9.21. The highest BCUT2D eigenvalue weighted by Gasteiger charge is 2.15. The van der Waals surface area contributed by atoms with Crippen LogP contribution in [0.1, 0.15) is 16.7 Å². The Morgan fingerprint density at radius 3 is 2.38 bits per heavy atom. The summed E-state index contributed by atoms with van der Waals surface area (Å²) in [7, 11) is 3.92. The van der Waals surface area contributed by atoms with Crippen LogP contribution in [-0.2, 0) is 19.6 Å². The first-order valence-electron chi connectivity index (χ1n) is 12.0. The minimum absolute atomic E-state index is 0.802. The van der Waals surface area contributed by atoms with E-state index in [0.29, 0.717) is 0 Å². The highest BCUT2D eigenvalue weighted by molar-refractivity contribution is 5.75. The van der Waals surface area contributed by atoms with Gasteiger partial charge >= 0.3 is 0 Å². The van der Waals surface area contributed by atoms with E-state index in [4.69, 9.17) is 4.74 Å². The number of piperazine rings is 1. The van der Waals surface area contributed by atoms with Gasteiger partial charge in [-0.3, -0.25) is 4.90 Å². The summed E-state index contributed by atoms with van der Waals surface area (Å²) in [5, 5.41) is 0. The van der Waals surface area contributed by atoms with Gasteiger partial charge in [0.1, 0.15) is 5.75 Å². The third kappa shape index (κ3) is 5.41. The van der Waals surface area contributed by atoms with Crippen LogP contribution in [0, 0.1) is 0 Å². The Labute approximate surface area is 201 Å². The lowest BCUT2D eigenvalue weighted by Crippen LogP contribution is -2.43. The Kier molecular flexibility index (Phi) is 6.79. The summed E-state index contributed by atoms with van der Waals surface area (Å²) >= 11 is 0. The van der Waals surface area contributed by atoms with Crippen molar-refractivity contribution >= 4 is 16.7 Å². The highest BCUT2D eigenvalue weighted by atomic mass is 16.5. The average molecular weight is 456 g/mol. The van der Waals surface area contributed by atoms with E-state index < -0.39 is 0 Å². The number of nitrogens with zero attached hydrogens (tertiary/aromatic N) is 4. The summed E-state index contributed by atoms with van der Waals surface area (Å²) in [5.41, 5.74) is 7.13. The molecule has 4 aromatic rings. The van der Waals surface area contributed by atoms with Crippen molar-refractivity contribution in [2.45, 2.75) is 19.6 Å². The van der Waals surface area contributed by atoms with E-state index in [1.54, 1.807) is 13.4 Å². The number of anilines is 1. The molecular weight excluding hydrogens is 422 g/mol. The molecule has 0 aliphatic carbocycles. The number of hydrogen-bond donors (Lipinski definition) is 1. The number of methoxy groups -OCH3 is 1. The number of fused-ring (bicyclic) bond motifs is 1. The Morgan fingerprint density at radius 2 is 1.62 bits per heavy atom. The minimum atomic E-state index is 0.802. The first kappa shape index (κ1) is 22.4. The van der Waals surface area contributed by atoms with Crippen LogP contribution >= 0.6 is 0 Å². The zero-order valence-electron chi connectivity index (χ0n) is 20.1. The molecule has 1 aliphatic heterocycles. The van der Waals surface area contributed by atoms with Crippen LogP contribution in [0.25, 0.3) is 11.0 Å². The van der Waals surface area contributed by atoms with E-state index >= 15 is 0 Å². The summed E-state index contributed by atoms with van der Waals surface area (Å²) in [6.45, 7) is 7.19. The summed E-state index contributed by atoms with van der Waals surface area (Å²) < 4.78 is 5.46. The first-order valence-corrected chi connectivity index (χ1v) is 12.0. The molecular formula is C28H33N5O. The molecule has 1 saturated heterocycles. The van der Waals surface area contributed by atoms with Crippen molar-refractivity contribution in [2.24, 2.45) is 0 Å². The topological polar surface area (TPSA) is 47.6 Å². The van der Waals surface area contributed by atoms with Crippen molar-refractivity contribution in [3.63, 3.8) is 0 Å². The second-order valence-corrected chi connectivity index (χ2v) is 9.21. The SMILES string of the molecule is COc1cccc(CN(Cc2ccc3nc[nH]c3c2)c2ccc(CN3CCN(C)CC3)cc2)c1. The van der Waals surface area contributed by atoms with Crippen molar-refractivity contribution in [3.8, 4) is 5.75 Å². The fourth-order valence-corrected chi connectivity index (χ4v) is 4.61. The van der Waals surface area contributed by atoms with Crippen LogP contribution in [-0.4, -0.2) is 60.1 Å². The fourth-order valence-electron chi connectivity index (χ4n) is 4.61. The predicted molar refractivity (Wildman–Crippen MR) is 138 cm³/mol. The van der Waals surface area contributed by atoms with E-state index in [-0.39, 0.29) is 0 Å². The molecule has 176 valence electrons. The molecule has 1 aliphatic rings. The summed E-state index contributed by atoms with van der Waals surface area (Å²) in [6, 6.07) is 23.9. The van der Waals surface area contributed by atoms with Crippen LogP contribution in [0.3, 0.4) is 0 Å². The number of benzene rings is 3. The van der Waals surface area contributed by atoms with E-state index in [0.717, 1.165) is 62.6 Å². The van der Waals surface area contributed by atoms with Gasteiger partial charge in [-0.05, 0) is 60.1 Å². The van der Waals surface area contributed by atoms with Gasteiger partial charge < -0.3 is 19.5 Å². The Bertz CT molecular complexity index is 1210. The molecule has 0 unspecified atom stereocenters. The Hall–Kier alpha value is -3.35. The maximum atomic E-state index is 5.46. The lowest BCUT2D eigenvalue weighted by Gasteiger charge is -2.32. The van der Waals surface area contributed by atoms with E-state index in [9.17, 15) is 0 Å². The van der Waals surface area contributed by atoms with Gasteiger partial charge in [0.2, 0.25) is 0 Å². The molecule has 0 atom stereocenters. The van der Waals surface area contributed by atoms with E-state index in [2.05, 4.69) is 92.4 Å². The van der Waals surface area contributed by atoms with Crippen LogP contribution in [0.4, 0.5) is 5.69 Å². The van der Waals surface area contributed by atoms with E-state index in [1.807, 2.05) is 6.07 Å². The molecule has 3 aromatic carbocycles. The standard InChI is InChI=1S/C28H33N5O/c1-31-12-14-32(15-13-31)18-22-6-9-25(10-7-22)33(19-23-4-3-5-26(16-23)34-2)20-24-8-11-27-28(17-24)30-21-29-27/h3-11,16-17,21H,12-15,18-20H2,1-2H3,(H,29,30). The number of imidazole rings is 1. The van der Waals surface area contributed by atoms with Gasteiger partial charge in [0.05, 0.1) is 24.5 Å². The van der Waals surface area contributed by atoms with Gasteiger partial charge in [-0.25, -0.2) is 4.98 Å². The molecule has 34 heavy (non-hydrogen) atoms. The van der Waals surface area contributed by atoms with Gasteiger partial charge in [-0.1, -0.05) is 30.3 Å². The average Bonchev–Trinajstić information content (AvgIpc) is 3.34. The van der Waals surface area contributed by atoms with Crippen molar-refractivity contribution in [3.05, 3.63) is 89.7 Å². The van der Waals surface area contributed by atoms with Crippen molar-refractivity contribution < 1.29 is 4.74 Å². The molecule has 5 rings (SSSR count).